The third-order valence-corrected chi connectivity index (χ3v) is 5.15. The number of nitrogens with one attached hydrogen (secondary N) is 1. The molecule has 3 rings (SSSR count). The van der Waals surface area contributed by atoms with Gasteiger partial charge in [-0.3, -0.25) is 9.59 Å². The quantitative estimate of drug-likeness (QED) is 0.800. The van der Waals surface area contributed by atoms with Gasteiger partial charge >= 0.3 is 0 Å². The van der Waals surface area contributed by atoms with Crippen LogP contribution in [0.15, 0.2) is 36.7 Å². The zero-order chi connectivity index (χ0) is 19.9. The first-order valence-electron chi connectivity index (χ1n) is 9.26. The van der Waals surface area contributed by atoms with Crippen molar-refractivity contribution in [2.45, 2.75) is 25.7 Å². The number of carbonyl (C=O) groups is 2. The number of piperidine rings is 1. The number of hydrogen-bond donors (Lipinski definition) is 1. The van der Waals surface area contributed by atoms with E-state index in [0.29, 0.717) is 40.9 Å². The van der Waals surface area contributed by atoms with E-state index in [1.165, 1.54) is 12.4 Å². The molecule has 1 aliphatic rings. The Bertz CT molecular complexity index is 831. The number of likely N-dealkylation sites (tertiary alicyclic amines) is 1. The summed E-state index contributed by atoms with van der Waals surface area (Å²) in [7, 11) is 1.54. The number of hydrogen-bond acceptors (Lipinski definition) is 5. The van der Waals surface area contributed by atoms with E-state index in [1.54, 1.807) is 31.4 Å². The Balaban J connectivity index is 1.49. The molecule has 1 saturated heterocycles. The molecule has 0 bridgehead atoms. The second-order valence-corrected chi connectivity index (χ2v) is 7.23. The maximum Gasteiger partial charge on any atom is 0.255 e. The number of aromatic nitrogens is 2. The minimum atomic E-state index is -0.0667. The van der Waals surface area contributed by atoms with Crippen molar-refractivity contribution in [2.75, 3.05) is 25.5 Å². The van der Waals surface area contributed by atoms with Crippen molar-refractivity contribution < 1.29 is 14.3 Å². The van der Waals surface area contributed by atoms with Crippen molar-refractivity contribution in [3.05, 3.63) is 47.2 Å². The zero-order valence-electron chi connectivity index (χ0n) is 15.7. The number of ether oxygens (including phenoxy) is 1. The Morgan fingerprint density at radius 2 is 2.18 bits per heavy atom. The van der Waals surface area contributed by atoms with Gasteiger partial charge in [0.15, 0.2) is 0 Å². The van der Waals surface area contributed by atoms with E-state index >= 15 is 0 Å². The van der Waals surface area contributed by atoms with Crippen molar-refractivity contribution in [1.29, 1.82) is 0 Å². The fourth-order valence-corrected chi connectivity index (χ4v) is 3.65. The second-order valence-electron chi connectivity index (χ2n) is 6.83. The molecule has 1 N–H and O–H groups in total. The van der Waals surface area contributed by atoms with Gasteiger partial charge in [-0.25, -0.2) is 0 Å². The molecule has 8 heteroatoms. The molecule has 1 atom stereocenters. The van der Waals surface area contributed by atoms with Gasteiger partial charge in [-0.15, -0.1) is 0 Å². The van der Waals surface area contributed by atoms with Gasteiger partial charge in [-0.1, -0.05) is 11.6 Å². The molecule has 1 aliphatic heterocycles. The van der Waals surface area contributed by atoms with Gasteiger partial charge < -0.3 is 15.0 Å². The zero-order valence-corrected chi connectivity index (χ0v) is 16.5. The molecule has 7 nitrogen and oxygen atoms in total. The Labute approximate surface area is 169 Å². The highest BCUT2D eigenvalue weighted by atomic mass is 35.5. The van der Waals surface area contributed by atoms with Crippen LogP contribution in [0.2, 0.25) is 5.02 Å². The fraction of sp³-hybridized carbons (Fsp3) is 0.400. The number of rotatable bonds is 6. The van der Waals surface area contributed by atoms with Crippen LogP contribution in [0.25, 0.3) is 0 Å². The largest absolute Gasteiger partial charge is 0.495 e. The summed E-state index contributed by atoms with van der Waals surface area (Å²) in [5.74, 6) is 0.772. The molecule has 2 amide bonds. The lowest BCUT2D eigenvalue weighted by atomic mass is 9.93. The first kappa shape index (κ1) is 20.1. The molecule has 0 saturated carbocycles. The van der Waals surface area contributed by atoms with Gasteiger partial charge in [0.2, 0.25) is 5.91 Å². The third kappa shape index (κ3) is 5.19. The van der Waals surface area contributed by atoms with Crippen LogP contribution < -0.4 is 10.1 Å². The summed E-state index contributed by atoms with van der Waals surface area (Å²) in [6, 6.07) is 6.82. The lowest BCUT2D eigenvalue weighted by Gasteiger charge is -2.32. The summed E-state index contributed by atoms with van der Waals surface area (Å²) < 4.78 is 5.11. The predicted molar refractivity (Wildman–Crippen MR) is 107 cm³/mol. The SMILES string of the molecule is COc1ccc(NC(=O)CCC2CCCN(C(=O)c3ccnnc3)C2)cc1Cl. The van der Waals surface area contributed by atoms with Gasteiger partial charge in [0.1, 0.15) is 5.75 Å². The van der Waals surface area contributed by atoms with E-state index in [1.807, 2.05) is 4.90 Å². The molecule has 1 aromatic carbocycles. The predicted octanol–water partition coefficient (Wildman–Crippen LogP) is 3.41. The van der Waals surface area contributed by atoms with Crippen LogP contribution in [-0.4, -0.2) is 47.1 Å². The molecule has 0 radical (unpaired) electrons. The average molecular weight is 403 g/mol. The van der Waals surface area contributed by atoms with E-state index in [9.17, 15) is 9.59 Å². The van der Waals surface area contributed by atoms with Crippen LogP contribution in [0, 0.1) is 5.92 Å². The maximum atomic E-state index is 12.6. The Kier molecular flexibility index (Phi) is 6.81. The number of benzene rings is 1. The molecular weight excluding hydrogens is 380 g/mol. The van der Waals surface area contributed by atoms with E-state index in [-0.39, 0.29) is 11.8 Å². The average Bonchev–Trinajstić information content (AvgIpc) is 2.73. The molecule has 0 spiro atoms. The first-order chi connectivity index (χ1) is 13.6. The standard InChI is InChI=1S/C20H23ClN4O3/c1-28-18-6-5-16(11-17(18)21)24-19(26)7-4-14-3-2-10-25(13-14)20(27)15-8-9-22-23-12-15/h5-6,8-9,11-12,14H,2-4,7,10,13H2,1H3,(H,24,26). The highest BCUT2D eigenvalue weighted by Crippen LogP contribution is 2.27. The Hall–Kier alpha value is -2.67. The van der Waals surface area contributed by atoms with Gasteiger partial charge in [-0.05, 0) is 49.4 Å². The highest BCUT2D eigenvalue weighted by Gasteiger charge is 2.25. The second kappa shape index (κ2) is 9.50. The smallest absolute Gasteiger partial charge is 0.255 e. The summed E-state index contributed by atoms with van der Waals surface area (Å²) in [6.45, 7) is 1.39. The minimum absolute atomic E-state index is 0.0306. The van der Waals surface area contributed by atoms with Gasteiger partial charge in [-0.2, -0.15) is 10.2 Å². The van der Waals surface area contributed by atoms with Crippen LogP contribution in [0.5, 0.6) is 5.75 Å². The third-order valence-electron chi connectivity index (χ3n) is 4.85. The van der Waals surface area contributed by atoms with E-state index in [2.05, 4.69) is 15.5 Å². The molecule has 1 aromatic heterocycles. The number of nitrogens with zero attached hydrogens (tertiary/aromatic N) is 3. The fourth-order valence-electron chi connectivity index (χ4n) is 3.39. The highest BCUT2D eigenvalue weighted by molar-refractivity contribution is 6.32. The van der Waals surface area contributed by atoms with E-state index in [4.69, 9.17) is 16.3 Å². The number of amides is 2. The molecule has 28 heavy (non-hydrogen) atoms. The van der Waals surface area contributed by atoms with Crippen molar-refractivity contribution >= 4 is 29.1 Å². The number of anilines is 1. The molecule has 2 aromatic rings. The summed E-state index contributed by atoms with van der Waals surface area (Å²) in [5.41, 5.74) is 1.19. The molecule has 148 valence electrons. The van der Waals surface area contributed by atoms with Crippen molar-refractivity contribution in [3.8, 4) is 5.75 Å². The summed E-state index contributed by atoms with van der Waals surface area (Å²) >= 11 is 6.09. The molecule has 2 heterocycles. The van der Waals surface area contributed by atoms with Gasteiger partial charge in [0.05, 0.1) is 30.1 Å². The Morgan fingerprint density at radius 1 is 1.32 bits per heavy atom. The maximum absolute atomic E-state index is 12.6. The minimum Gasteiger partial charge on any atom is -0.495 e. The topological polar surface area (TPSA) is 84.4 Å². The monoisotopic (exact) mass is 402 g/mol. The molecule has 1 fully saturated rings. The van der Waals surface area contributed by atoms with Crippen LogP contribution in [0.1, 0.15) is 36.0 Å². The number of carbonyl (C=O) groups excluding carboxylic acids is 2. The number of halogens is 1. The lowest BCUT2D eigenvalue weighted by molar-refractivity contribution is -0.116. The lowest BCUT2D eigenvalue weighted by Crippen LogP contribution is -2.40. The van der Waals surface area contributed by atoms with Crippen molar-refractivity contribution in [1.82, 2.24) is 15.1 Å². The normalized spacial score (nSPS) is 16.5. The summed E-state index contributed by atoms with van der Waals surface area (Å²) in [5, 5.41) is 10.8. The first-order valence-corrected chi connectivity index (χ1v) is 9.64. The molecular formula is C20H23ClN4O3. The van der Waals surface area contributed by atoms with E-state index in [0.717, 1.165) is 25.8 Å². The van der Waals surface area contributed by atoms with Gasteiger partial charge in [0, 0.05) is 25.2 Å². The van der Waals surface area contributed by atoms with E-state index < -0.39 is 0 Å². The van der Waals surface area contributed by atoms with Crippen LogP contribution >= 0.6 is 11.6 Å². The van der Waals surface area contributed by atoms with Crippen molar-refractivity contribution in [2.24, 2.45) is 5.92 Å². The summed E-state index contributed by atoms with van der Waals surface area (Å²) in [4.78, 5) is 26.7. The van der Waals surface area contributed by atoms with Crippen LogP contribution in [0.4, 0.5) is 5.69 Å². The molecule has 1 unspecified atom stereocenters. The Morgan fingerprint density at radius 3 is 2.89 bits per heavy atom. The summed E-state index contributed by atoms with van der Waals surface area (Å²) in [6.07, 6.45) is 6.08. The molecule has 0 aliphatic carbocycles. The van der Waals surface area contributed by atoms with Crippen molar-refractivity contribution in [3.63, 3.8) is 0 Å². The van der Waals surface area contributed by atoms with Crippen LogP contribution in [0.3, 0.4) is 0 Å². The van der Waals surface area contributed by atoms with Crippen LogP contribution in [-0.2, 0) is 4.79 Å². The van der Waals surface area contributed by atoms with Gasteiger partial charge in [0.25, 0.3) is 5.91 Å². The number of methoxy groups -OCH3 is 1.